The van der Waals surface area contributed by atoms with E-state index in [-0.39, 0.29) is 29.4 Å². The lowest BCUT2D eigenvalue weighted by atomic mass is 10.1. The SMILES string of the molecule is CC(CN1CCC(C)C1=O)Cn1c2ccc(F)cc2c2cc(F)ccc21. The molecule has 1 aliphatic heterocycles. The van der Waals surface area contributed by atoms with Crippen LogP contribution in [0.4, 0.5) is 8.78 Å². The molecule has 1 fully saturated rings. The molecule has 3 nitrogen and oxygen atoms in total. The van der Waals surface area contributed by atoms with Crippen molar-refractivity contribution in [1.29, 1.82) is 0 Å². The number of hydrogen-bond donors (Lipinski definition) is 0. The predicted octanol–water partition coefficient (Wildman–Crippen LogP) is 4.58. The third-order valence-corrected chi connectivity index (χ3v) is 5.38. The van der Waals surface area contributed by atoms with Crippen molar-refractivity contribution < 1.29 is 13.6 Å². The van der Waals surface area contributed by atoms with Crippen molar-refractivity contribution in [2.45, 2.75) is 26.8 Å². The first-order valence-electron chi connectivity index (χ1n) is 9.10. The van der Waals surface area contributed by atoms with Gasteiger partial charge in [0.25, 0.3) is 0 Å². The number of carbonyl (C=O) groups excluding carboxylic acids is 1. The number of hydrogen-bond acceptors (Lipinski definition) is 1. The van der Waals surface area contributed by atoms with E-state index in [1.54, 1.807) is 12.1 Å². The van der Waals surface area contributed by atoms with Crippen molar-refractivity contribution in [3.8, 4) is 0 Å². The highest BCUT2D eigenvalue weighted by Gasteiger charge is 2.28. The molecule has 3 aromatic rings. The average Bonchev–Trinajstić information content (AvgIpc) is 3.07. The van der Waals surface area contributed by atoms with Crippen LogP contribution in [0.25, 0.3) is 21.8 Å². The van der Waals surface area contributed by atoms with E-state index in [4.69, 9.17) is 0 Å². The minimum Gasteiger partial charge on any atom is -0.342 e. The Hall–Kier alpha value is -2.43. The molecule has 2 heterocycles. The van der Waals surface area contributed by atoms with Crippen LogP contribution in [0.1, 0.15) is 20.3 Å². The van der Waals surface area contributed by atoms with Gasteiger partial charge >= 0.3 is 0 Å². The summed E-state index contributed by atoms with van der Waals surface area (Å²) >= 11 is 0. The monoisotopic (exact) mass is 356 g/mol. The number of likely N-dealkylation sites (tertiary alicyclic amines) is 1. The van der Waals surface area contributed by atoms with Crippen LogP contribution >= 0.6 is 0 Å². The molecule has 1 aliphatic rings. The van der Waals surface area contributed by atoms with E-state index in [2.05, 4.69) is 11.5 Å². The molecule has 0 aliphatic carbocycles. The molecule has 2 atom stereocenters. The van der Waals surface area contributed by atoms with Crippen molar-refractivity contribution in [1.82, 2.24) is 9.47 Å². The molecule has 1 saturated heterocycles. The number of halogens is 2. The summed E-state index contributed by atoms with van der Waals surface area (Å²) in [6.45, 7) is 6.29. The van der Waals surface area contributed by atoms with E-state index in [0.717, 1.165) is 34.8 Å². The number of aromatic nitrogens is 1. The molecule has 1 amide bonds. The molecule has 0 radical (unpaired) electrons. The average molecular weight is 356 g/mol. The van der Waals surface area contributed by atoms with Gasteiger partial charge in [0, 0.05) is 47.4 Å². The van der Waals surface area contributed by atoms with E-state index in [9.17, 15) is 13.6 Å². The highest BCUT2D eigenvalue weighted by atomic mass is 19.1. The van der Waals surface area contributed by atoms with Crippen LogP contribution in [0.15, 0.2) is 36.4 Å². The molecule has 0 N–H and O–H groups in total. The Morgan fingerprint density at radius 3 is 2.12 bits per heavy atom. The molecule has 0 bridgehead atoms. The van der Waals surface area contributed by atoms with E-state index >= 15 is 0 Å². The largest absolute Gasteiger partial charge is 0.342 e. The zero-order chi connectivity index (χ0) is 18.4. The van der Waals surface area contributed by atoms with Crippen LogP contribution in [0, 0.1) is 23.5 Å². The first-order chi connectivity index (χ1) is 12.4. The van der Waals surface area contributed by atoms with Crippen molar-refractivity contribution in [2.75, 3.05) is 13.1 Å². The van der Waals surface area contributed by atoms with Gasteiger partial charge in [-0.1, -0.05) is 13.8 Å². The first-order valence-corrected chi connectivity index (χ1v) is 9.10. The van der Waals surface area contributed by atoms with Gasteiger partial charge in [0.2, 0.25) is 5.91 Å². The van der Waals surface area contributed by atoms with Gasteiger partial charge in [-0.05, 0) is 48.7 Å². The molecule has 26 heavy (non-hydrogen) atoms. The maximum Gasteiger partial charge on any atom is 0.225 e. The van der Waals surface area contributed by atoms with Crippen LogP contribution in [0.5, 0.6) is 0 Å². The standard InChI is InChI=1S/C21H22F2N2O/c1-13(11-24-8-7-14(2)21(24)26)12-25-19-5-3-15(22)9-17(19)18-10-16(23)4-6-20(18)25/h3-6,9-10,13-14H,7-8,11-12H2,1-2H3. The number of nitrogens with zero attached hydrogens (tertiary/aromatic N) is 2. The molecule has 136 valence electrons. The molecule has 2 unspecified atom stereocenters. The van der Waals surface area contributed by atoms with Gasteiger partial charge < -0.3 is 9.47 Å². The van der Waals surface area contributed by atoms with Gasteiger partial charge in [-0.3, -0.25) is 4.79 Å². The highest BCUT2D eigenvalue weighted by molar-refractivity contribution is 6.08. The highest BCUT2D eigenvalue weighted by Crippen LogP contribution is 2.31. The van der Waals surface area contributed by atoms with Gasteiger partial charge in [-0.15, -0.1) is 0 Å². The fourth-order valence-electron chi connectivity index (χ4n) is 4.07. The Labute approximate surface area is 151 Å². The lowest BCUT2D eigenvalue weighted by Crippen LogP contribution is -2.32. The summed E-state index contributed by atoms with van der Waals surface area (Å²) in [5.74, 6) is -0.0845. The molecule has 0 spiro atoms. The summed E-state index contributed by atoms with van der Waals surface area (Å²) in [7, 11) is 0. The lowest BCUT2D eigenvalue weighted by Gasteiger charge is -2.22. The van der Waals surface area contributed by atoms with Crippen molar-refractivity contribution in [3.05, 3.63) is 48.0 Å². The predicted molar refractivity (Wildman–Crippen MR) is 98.9 cm³/mol. The summed E-state index contributed by atoms with van der Waals surface area (Å²) in [5, 5.41) is 1.44. The zero-order valence-corrected chi connectivity index (χ0v) is 15.0. The zero-order valence-electron chi connectivity index (χ0n) is 15.0. The summed E-state index contributed by atoms with van der Waals surface area (Å²) in [5.41, 5.74) is 1.78. The minimum absolute atomic E-state index is 0.112. The molecule has 2 aromatic carbocycles. The Kier molecular flexibility index (Phi) is 4.17. The number of amides is 1. The van der Waals surface area contributed by atoms with E-state index in [1.807, 2.05) is 11.8 Å². The molecule has 4 rings (SSSR count). The second-order valence-electron chi connectivity index (χ2n) is 7.51. The smallest absolute Gasteiger partial charge is 0.225 e. The molecular weight excluding hydrogens is 334 g/mol. The number of rotatable bonds is 4. The van der Waals surface area contributed by atoms with Crippen molar-refractivity contribution in [3.63, 3.8) is 0 Å². The van der Waals surface area contributed by atoms with Crippen LogP contribution in [-0.4, -0.2) is 28.5 Å². The van der Waals surface area contributed by atoms with Crippen LogP contribution in [0.3, 0.4) is 0 Å². The summed E-state index contributed by atoms with van der Waals surface area (Å²) in [4.78, 5) is 14.1. The third kappa shape index (κ3) is 2.85. The number of benzene rings is 2. The van der Waals surface area contributed by atoms with E-state index in [0.29, 0.717) is 13.1 Å². The van der Waals surface area contributed by atoms with E-state index in [1.165, 1.54) is 24.3 Å². The lowest BCUT2D eigenvalue weighted by molar-refractivity contribution is -0.131. The van der Waals surface area contributed by atoms with Crippen molar-refractivity contribution in [2.24, 2.45) is 11.8 Å². The fraction of sp³-hybridized carbons (Fsp3) is 0.381. The van der Waals surface area contributed by atoms with Crippen LogP contribution in [0.2, 0.25) is 0 Å². The maximum atomic E-state index is 13.7. The third-order valence-electron chi connectivity index (χ3n) is 5.38. The molecule has 5 heteroatoms. The second-order valence-corrected chi connectivity index (χ2v) is 7.51. The number of fused-ring (bicyclic) bond motifs is 3. The van der Waals surface area contributed by atoms with Crippen molar-refractivity contribution >= 4 is 27.7 Å². The first kappa shape index (κ1) is 17.0. The van der Waals surface area contributed by atoms with Gasteiger partial charge in [0.15, 0.2) is 0 Å². The van der Waals surface area contributed by atoms with Crippen LogP contribution in [-0.2, 0) is 11.3 Å². The number of carbonyl (C=O) groups is 1. The molecule has 1 aromatic heterocycles. The topological polar surface area (TPSA) is 25.2 Å². The summed E-state index contributed by atoms with van der Waals surface area (Å²) in [6.07, 6.45) is 0.916. The Bertz CT molecular complexity index is 935. The Morgan fingerprint density at radius 1 is 1.04 bits per heavy atom. The Morgan fingerprint density at radius 2 is 1.62 bits per heavy atom. The molecule has 0 saturated carbocycles. The van der Waals surface area contributed by atoms with Gasteiger partial charge in [0.1, 0.15) is 11.6 Å². The summed E-state index contributed by atoms with van der Waals surface area (Å²) < 4.78 is 29.6. The van der Waals surface area contributed by atoms with E-state index < -0.39 is 0 Å². The minimum atomic E-state index is -0.328. The summed E-state index contributed by atoms with van der Waals surface area (Å²) in [6, 6.07) is 9.29. The fourth-order valence-corrected chi connectivity index (χ4v) is 4.07. The normalized spacial score (nSPS) is 19.0. The quantitative estimate of drug-likeness (QED) is 0.672. The van der Waals surface area contributed by atoms with Gasteiger partial charge in [-0.25, -0.2) is 8.78 Å². The second kappa shape index (κ2) is 6.38. The molecular formula is C21H22F2N2O. The van der Waals surface area contributed by atoms with Gasteiger partial charge in [-0.2, -0.15) is 0 Å². The van der Waals surface area contributed by atoms with Crippen LogP contribution < -0.4 is 0 Å². The maximum absolute atomic E-state index is 13.7. The van der Waals surface area contributed by atoms with Gasteiger partial charge in [0.05, 0.1) is 0 Å². The Balaban J connectivity index is 1.70.